The summed E-state index contributed by atoms with van der Waals surface area (Å²) in [6.07, 6.45) is 4.01. The van der Waals surface area contributed by atoms with E-state index in [-0.39, 0.29) is 0 Å². The fourth-order valence-electron chi connectivity index (χ4n) is 2.61. The molecule has 1 aliphatic rings. The van der Waals surface area contributed by atoms with Crippen LogP contribution >= 0.6 is 0 Å². The third-order valence-electron chi connectivity index (χ3n) is 3.87. The molecule has 0 saturated heterocycles. The Kier molecular flexibility index (Phi) is 5.63. The lowest BCUT2D eigenvalue weighted by atomic mass is 9.70. The summed E-state index contributed by atoms with van der Waals surface area (Å²) in [5, 5.41) is 0. The van der Waals surface area contributed by atoms with E-state index in [0.29, 0.717) is 32.0 Å². The Bertz CT molecular complexity index is 270. The first kappa shape index (κ1) is 15.0. The van der Waals surface area contributed by atoms with Crippen LogP contribution in [0, 0.1) is 11.3 Å². The molecule has 4 nitrogen and oxygen atoms in total. The highest BCUT2D eigenvalue weighted by atomic mass is 16.6. The van der Waals surface area contributed by atoms with Crippen LogP contribution < -0.4 is 0 Å². The summed E-state index contributed by atoms with van der Waals surface area (Å²) < 4.78 is 10.2. The Morgan fingerprint density at radius 3 is 1.78 bits per heavy atom. The highest BCUT2D eigenvalue weighted by Crippen LogP contribution is 2.42. The molecule has 0 unspecified atom stereocenters. The van der Waals surface area contributed by atoms with Crippen molar-refractivity contribution in [2.24, 2.45) is 11.3 Å². The molecule has 1 aliphatic carbocycles. The summed E-state index contributed by atoms with van der Waals surface area (Å²) >= 11 is 0. The minimum absolute atomic E-state index is 0.303. The molecule has 0 aromatic rings. The molecular formula is C14H24O4. The van der Waals surface area contributed by atoms with Gasteiger partial charge in [-0.3, -0.25) is 9.59 Å². The molecule has 0 aromatic carbocycles. The van der Waals surface area contributed by atoms with Gasteiger partial charge in [0.05, 0.1) is 13.2 Å². The van der Waals surface area contributed by atoms with Crippen LogP contribution in [0.4, 0.5) is 0 Å². The van der Waals surface area contributed by atoms with Crippen molar-refractivity contribution >= 4 is 11.9 Å². The van der Waals surface area contributed by atoms with E-state index in [1.165, 1.54) is 0 Å². The zero-order valence-electron chi connectivity index (χ0n) is 11.7. The highest BCUT2D eigenvalue weighted by molar-refractivity contribution is 6.00. The number of hydrogen-bond acceptors (Lipinski definition) is 4. The Hall–Kier alpha value is -1.06. The van der Waals surface area contributed by atoms with Crippen LogP contribution in [-0.2, 0) is 19.1 Å². The van der Waals surface area contributed by atoms with E-state index in [9.17, 15) is 9.59 Å². The van der Waals surface area contributed by atoms with E-state index >= 15 is 0 Å². The van der Waals surface area contributed by atoms with Gasteiger partial charge in [0.2, 0.25) is 0 Å². The average molecular weight is 256 g/mol. The standard InChI is InChI=1S/C14H24O4/c1-4-11-7-9-14(10-8-11,12(15)17-5-2)13(16)18-6-3/h11H,4-10H2,1-3H3. The number of hydrogen-bond donors (Lipinski definition) is 0. The van der Waals surface area contributed by atoms with Crippen LogP contribution in [0.1, 0.15) is 52.9 Å². The first-order valence-electron chi connectivity index (χ1n) is 6.95. The third kappa shape index (κ3) is 3.03. The van der Waals surface area contributed by atoms with Crippen molar-refractivity contribution in [3.8, 4) is 0 Å². The summed E-state index contributed by atoms with van der Waals surface area (Å²) in [7, 11) is 0. The zero-order chi connectivity index (χ0) is 13.6. The summed E-state index contributed by atoms with van der Waals surface area (Å²) in [5.41, 5.74) is -1.04. The molecule has 104 valence electrons. The maximum atomic E-state index is 12.1. The van der Waals surface area contributed by atoms with Gasteiger partial charge in [-0.05, 0) is 45.4 Å². The van der Waals surface area contributed by atoms with Crippen molar-refractivity contribution in [1.29, 1.82) is 0 Å². The van der Waals surface area contributed by atoms with Gasteiger partial charge in [0.25, 0.3) is 0 Å². The molecule has 1 saturated carbocycles. The average Bonchev–Trinajstić information content (AvgIpc) is 2.39. The molecule has 0 bridgehead atoms. The minimum Gasteiger partial charge on any atom is -0.465 e. The van der Waals surface area contributed by atoms with Crippen LogP contribution in [0.15, 0.2) is 0 Å². The molecule has 4 heteroatoms. The van der Waals surface area contributed by atoms with Gasteiger partial charge in [-0.2, -0.15) is 0 Å². The van der Waals surface area contributed by atoms with E-state index < -0.39 is 17.4 Å². The SMILES string of the molecule is CCOC(=O)C1(C(=O)OCC)CCC(CC)CC1. The lowest BCUT2D eigenvalue weighted by molar-refractivity contribution is -0.175. The molecule has 0 spiro atoms. The molecule has 18 heavy (non-hydrogen) atoms. The Morgan fingerprint density at radius 1 is 1.00 bits per heavy atom. The second-order valence-corrected chi connectivity index (χ2v) is 4.87. The van der Waals surface area contributed by atoms with E-state index in [4.69, 9.17) is 9.47 Å². The Balaban J connectivity index is 2.82. The molecule has 1 rings (SSSR count). The van der Waals surface area contributed by atoms with Crippen LogP contribution in [0.5, 0.6) is 0 Å². The molecule has 0 radical (unpaired) electrons. The molecule has 0 heterocycles. The van der Waals surface area contributed by atoms with Crippen molar-refractivity contribution in [2.45, 2.75) is 52.9 Å². The van der Waals surface area contributed by atoms with Crippen LogP contribution in [0.25, 0.3) is 0 Å². The summed E-state index contributed by atoms with van der Waals surface area (Å²) in [6.45, 7) is 6.27. The lowest BCUT2D eigenvalue weighted by Gasteiger charge is -2.35. The number of esters is 2. The number of carbonyl (C=O) groups excluding carboxylic acids is 2. The Labute approximate surface area is 109 Å². The molecule has 0 atom stereocenters. The van der Waals surface area contributed by atoms with Crippen molar-refractivity contribution in [3.05, 3.63) is 0 Å². The van der Waals surface area contributed by atoms with E-state index in [1.54, 1.807) is 13.8 Å². The van der Waals surface area contributed by atoms with Gasteiger partial charge in [0, 0.05) is 0 Å². The zero-order valence-corrected chi connectivity index (χ0v) is 11.7. The second kappa shape index (κ2) is 6.76. The lowest BCUT2D eigenvalue weighted by Crippen LogP contribution is -2.44. The molecule has 1 fully saturated rings. The number of rotatable bonds is 5. The normalized spacial score (nSPS) is 19.3. The predicted octanol–water partition coefficient (Wildman–Crippen LogP) is 2.70. The maximum absolute atomic E-state index is 12.1. The second-order valence-electron chi connectivity index (χ2n) is 4.87. The van der Waals surface area contributed by atoms with Gasteiger partial charge < -0.3 is 9.47 Å². The summed E-state index contributed by atoms with van der Waals surface area (Å²) in [5.74, 6) is -0.196. The van der Waals surface area contributed by atoms with Gasteiger partial charge in [0.15, 0.2) is 5.41 Å². The highest BCUT2D eigenvalue weighted by Gasteiger charge is 2.50. The first-order valence-corrected chi connectivity index (χ1v) is 6.95. The van der Waals surface area contributed by atoms with Gasteiger partial charge in [0.1, 0.15) is 0 Å². The van der Waals surface area contributed by atoms with E-state index in [1.807, 2.05) is 0 Å². The van der Waals surface area contributed by atoms with Crippen LogP contribution in [-0.4, -0.2) is 25.2 Å². The van der Waals surface area contributed by atoms with Gasteiger partial charge in [-0.25, -0.2) is 0 Å². The van der Waals surface area contributed by atoms with E-state index in [0.717, 1.165) is 19.3 Å². The largest absolute Gasteiger partial charge is 0.465 e. The van der Waals surface area contributed by atoms with Gasteiger partial charge >= 0.3 is 11.9 Å². The van der Waals surface area contributed by atoms with Crippen molar-refractivity contribution in [1.82, 2.24) is 0 Å². The maximum Gasteiger partial charge on any atom is 0.323 e. The monoisotopic (exact) mass is 256 g/mol. The smallest absolute Gasteiger partial charge is 0.323 e. The number of carbonyl (C=O) groups is 2. The molecular weight excluding hydrogens is 232 g/mol. The van der Waals surface area contributed by atoms with Gasteiger partial charge in [-0.15, -0.1) is 0 Å². The molecule has 0 N–H and O–H groups in total. The topological polar surface area (TPSA) is 52.6 Å². The quantitative estimate of drug-likeness (QED) is 0.560. The minimum atomic E-state index is -1.04. The molecule has 0 amide bonds. The summed E-state index contributed by atoms with van der Waals surface area (Å²) in [4.78, 5) is 24.2. The predicted molar refractivity (Wildman–Crippen MR) is 67.9 cm³/mol. The molecule has 0 aliphatic heterocycles. The molecule has 0 aromatic heterocycles. The van der Waals surface area contributed by atoms with Crippen molar-refractivity contribution < 1.29 is 19.1 Å². The third-order valence-corrected chi connectivity index (χ3v) is 3.87. The fraction of sp³-hybridized carbons (Fsp3) is 0.857. The van der Waals surface area contributed by atoms with Gasteiger partial charge in [-0.1, -0.05) is 13.3 Å². The summed E-state index contributed by atoms with van der Waals surface area (Å²) in [6, 6.07) is 0. The van der Waals surface area contributed by atoms with Crippen LogP contribution in [0.2, 0.25) is 0 Å². The number of ether oxygens (including phenoxy) is 2. The van der Waals surface area contributed by atoms with Crippen molar-refractivity contribution in [3.63, 3.8) is 0 Å². The van der Waals surface area contributed by atoms with Crippen molar-refractivity contribution in [2.75, 3.05) is 13.2 Å². The van der Waals surface area contributed by atoms with Crippen LogP contribution in [0.3, 0.4) is 0 Å². The first-order chi connectivity index (χ1) is 8.60. The Morgan fingerprint density at radius 2 is 1.44 bits per heavy atom. The van der Waals surface area contributed by atoms with E-state index in [2.05, 4.69) is 6.92 Å². The fourth-order valence-corrected chi connectivity index (χ4v) is 2.61.